The number of hydrogen-bond acceptors (Lipinski definition) is 3. The second-order valence-corrected chi connectivity index (χ2v) is 3.78. The number of rotatable bonds is 3. The van der Waals surface area contributed by atoms with Crippen LogP contribution in [0.2, 0.25) is 0 Å². The van der Waals surface area contributed by atoms with Gasteiger partial charge in [0.05, 0.1) is 26.7 Å². The summed E-state index contributed by atoms with van der Waals surface area (Å²) >= 11 is 0. The highest BCUT2D eigenvalue weighted by Crippen LogP contribution is 2.04. The summed E-state index contributed by atoms with van der Waals surface area (Å²) in [5, 5.41) is 3.28. The van der Waals surface area contributed by atoms with Crippen molar-refractivity contribution in [3.63, 3.8) is 0 Å². The molecule has 13 heavy (non-hydrogen) atoms. The number of quaternary nitrogens is 1. The number of ether oxygens (including phenoxy) is 1. The molecule has 0 saturated carbocycles. The molecular weight excluding hydrogens is 168 g/mol. The summed E-state index contributed by atoms with van der Waals surface area (Å²) in [6, 6.07) is 0. The van der Waals surface area contributed by atoms with Crippen LogP contribution in [0.5, 0.6) is 0 Å². The Labute approximate surface area is 79.4 Å². The van der Waals surface area contributed by atoms with E-state index in [-0.39, 0.29) is 5.97 Å². The molecule has 1 heterocycles. The van der Waals surface area contributed by atoms with E-state index in [0.717, 1.165) is 30.7 Å². The summed E-state index contributed by atoms with van der Waals surface area (Å²) < 4.78 is 5.75. The fourth-order valence-electron chi connectivity index (χ4n) is 1.61. The number of hydrogen-bond donors (Lipinski definition) is 1. The number of nitrogens with zero attached hydrogens (tertiary/aromatic N) is 1. The topological polar surface area (TPSA) is 38.3 Å². The minimum atomic E-state index is -0.0769. The van der Waals surface area contributed by atoms with Crippen LogP contribution >= 0.6 is 0 Å². The molecule has 1 N–H and O–H groups in total. The third-order valence-electron chi connectivity index (χ3n) is 2.47. The first-order chi connectivity index (χ1) is 6.16. The van der Waals surface area contributed by atoms with Crippen LogP contribution in [0, 0.1) is 0 Å². The van der Waals surface area contributed by atoms with Crippen molar-refractivity contribution < 1.29 is 14.0 Å². The van der Waals surface area contributed by atoms with Crippen molar-refractivity contribution in [1.82, 2.24) is 5.32 Å². The Bertz CT molecular complexity index is 176. The van der Waals surface area contributed by atoms with Gasteiger partial charge in [-0.25, -0.2) is 4.79 Å². The summed E-state index contributed by atoms with van der Waals surface area (Å²) in [5.74, 6) is -0.0769. The molecule has 1 fully saturated rings. The zero-order valence-electron chi connectivity index (χ0n) is 8.51. The molecule has 1 aliphatic rings. The molecule has 4 heteroatoms. The molecule has 0 aromatic carbocycles. The van der Waals surface area contributed by atoms with E-state index in [1.807, 2.05) is 6.92 Å². The maximum Gasteiger partial charge on any atom is 0.361 e. The molecule has 76 valence electrons. The van der Waals surface area contributed by atoms with Gasteiger partial charge < -0.3 is 14.5 Å². The van der Waals surface area contributed by atoms with Crippen molar-refractivity contribution in [2.24, 2.45) is 0 Å². The molecule has 1 rings (SSSR count). The molecule has 0 amide bonds. The molecule has 0 atom stereocenters. The van der Waals surface area contributed by atoms with E-state index in [4.69, 9.17) is 4.74 Å². The lowest BCUT2D eigenvalue weighted by atomic mass is 10.3. The van der Waals surface area contributed by atoms with Crippen LogP contribution in [0.25, 0.3) is 0 Å². The van der Waals surface area contributed by atoms with Crippen LogP contribution in [0.3, 0.4) is 0 Å². The fourth-order valence-corrected chi connectivity index (χ4v) is 1.61. The van der Waals surface area contributed by atoms with Crippen molar-refractivity contribution in [2.75, 3.05) is 46.4 Å². The van der Waals surface area contributed by atoms with E-state index < -0.39 is 0 Å². The van der Waals surface area contributed by atoms with Crippen molar-refractivity contribution in [3.05, 3.63) is 0 Å². The van der Waals surface area contributed by atoms with Gasteiger partial charge in [0.1, 0.15) is 0 Å². The Morgan fingerprint density at radius 1 is 1.46 bits per heavy atom. The Morgan fingerprint density at radius 3 is 2.62 bits per heavy atom. The molecule has 0 spiro atoms. The first-order valence-corrected chi connectivity index (χ1v) is 4.86. The number of piperazine rings is 1. The van der Waals surface area contributed by atoms with Crippen molar-refractivity contribution >= 4 is 5.97 Å². The lowest BCUT2D eigenvalue weighted by molar-refractivity contribution is -0.904. The highest BCUT2D eigenvalue weighted by atomic mass is 16.5. The molecule has 0 aliphatic carbocycles. The van der Waals surface area contributed by atoms with Gasteiger partial charge in [0, 0.05) is 13.1 Å². The summed E-state index contributed by atoms with van der Waals surface area (Å²) in [6.07, 6.45) is 0. The van der Waals surface area contributed by atoms with Gasteiger partial charge in [0.15, 0.2) is 6.54 Å². The highest BCUT2D eigenvalue weighted by molar-refractivity contribution is 5.70. The lowest BCUT2D eigenvalue weighted by Crippen LogP contribution is -2.58. The van der Waals surface area contributed by atoms with Crippen LogP contribution in [-0.4, -0.2) is 56.8 Å². The monoisotopic (exact) mass is 187 g/mol. The van der Waals surface area contributed by atoms with E-state index in [1.54, 1.807) is 0 Å². The quantitative estimate of drug-likeness (QED) is 0.482. The van der Waals surface area contributed by atoms with E-state index in [2.05, 4.69) is 12.4 Å². The second kappa shape index (κ2) is 4.58. The number of esters is 1. The average Bonchev–Trinajstić information content (AvgIpc) is 2.04. The molecule has 1 saturated heterocycles. The van der Waals surface area contributed by atoms with Crippen molar-refractivity contribution in [3.8, 4) is 0 Å². The van der Waals surface area contributed by atoms with Gasteiger partial charge in [-0.1, -0.05) is 0 Å². The smallest absolute Gasteiger partial charge is 0.361 e. The maximum atomic E-state index is 11.3. The summed E-state index contributed by atoms with van der Waals surface area (Å²) in [6.45, 7) is 6.85. The van der Waals surface area contributed by atoms with E-state index in [0.29, 0.717) is 13.2 Å². The van der Waals surface area contributed by atoms with Gasteiger partial charge in [-0.3, -0.25) is 0 Å². The highest BCUT2D eigenvalue weighted by Gasteiger charge is 2.27. The van der Waals surface area contributed by atoms with Crippen molar-refractivity contribution in [2.45, 2.75) is 6.92 Å². The van der Waals surface area contributed by atoms with Gasteiger partial charge in [-0.05, 0) is 6.92 Å². The number of nitrogens with one attached hydrogen (secondary N) is 1. The first kappa shape index (κ1) is 10.5. The largest absolute Gasteiger partial charge is 0.462 e. The SMILES string of the molecule is CCOC(=O)C[N+]1(C)CCNCC1. The van der Waals surface area contributed by atoms with Crippen LogP contribution in [0.4, 0.5) is 0 Å². The first-order valence-electron chi connectivity index (χ1n) is 4.86. The zero-order chi connectivity index (χ0) is 9.73. The summed E-state index contributed by atoms with van der Waals surface area (Å²) in [5.41, 5.74) is 0. The average molecular weight is 187 g/mol. The van der Waals surface area contributed by atoms with Gasteiger partial charge in [-0.15, -0.1) is 0 Å². The fraction of sp³-hybridized carbons (Fsp3) is 0.889. The number of carbonyl (C=O) groups is 1. The minimum absolute atomic E-state index is 0.0769. The predicted octanol–water partition coefficient (Wildman–Crippen LogP) is -0.401. The normalized spacial score (nSPS) is 21.1. The van der Waals surface area contributed by atoms with Gasteiger partial charge >= 0.3 is 5.97 Å². The second-order valence-electron chi connectivity index (χ2n) is 3.78. The van der Waals surface area contributed by atoms with Gasteiger partial charge in [0.2, 0.25) is 0 Å². The van der Waals surface area contributed by atoms with Gasteiger partial charge in [-0.2, -0.15) is 0 Å². The number of likely N-dealkylation sites (N-methyl/N-ethyl adjacent to an activating group) is 1. The summed E-state index contributed by atoms with van der Waals surface area (Å²) in [4.78, 5) is 11.3. The predicted molar refractivity (Wildman–Crippen MR) is 50.3 cm³/mol. The minimum Gasteiger partial charge on any atom is -0.462 e. The van der Waals surface area contributed by atoms with Crippen LogP contribution in [0.1, 0.15) is 6.92 Å². The van der Waals surface area contributed by atoms with E-state index in [1.165, 1.54) is 0 Å². The lowest BCUT2D eigenvalue weighted by Gasteiger charge is -2.36. The Kier molecular flexibility index (Phi) is 3.69. The Morgan fingerprint density at radius 2 is 2.08 bits per heavy atom. The third-order valence-corrected chi connectivity index (χ3v) is 2.47. The van der Waals surface area contributed by atoms with Crippen LogP contribution < -0.4 is 5.32 Å². The van der Waals surface area contributed by atoms with Crippen molar-refractivity contribution in [1.29, 1.82) is 0 Å². The molecule has 0 aromatic heterocycles. The molecule has 0 bridgehead atoms. The molecule has 0 aromatic rings. The standard InChI is InChI=1S/C9H19N2O2/c1-3-13-9(12)8-11(2)6-4-10-5-7-11/h10H,3-8H2,1-2H3/q+1. The molecular formula is C9H19N2O2+. The van der Waals surface area contributed by atoms with Crippen LogP contribution in [0.15, 0.2) is 0 Å². The zero-order valence-corrected chi connectivity index (χ0v) is 8.51. The maximum absolute atomic E-state index is 11.3. The molecule has 4 nitrogen and oxygen atoms in total. The van der Waals surface area contributed by atoms with Gasteiger partial charge in [0.25, 0.3) is 0 Å². The molecule has 0 radical (unpaired) electrons. The third kappa shape index (κ3) is 3.32. The van der Waals surface area contributed by atoms with Crippen LogP contribution in [-0.2, 0) is 9.53 Å². The number of carbonyl (C=O) groups excluding carboxylic acids is 1. The Hall–Kier alpha value is -0.610. The van der Waals surface area contributed by atoms with E-state index >= 15 is 0 Å². The van der Waals surface area contributed by atoms with E-state index in [9.17, 15) is 4.79 Å². The summed E-state index contributed by atoms with van der Waals surface area (Å²) in [7, 11) is 2.11. The molecule has 1 aliphatic heterocycles. The molecule has 0 unspecified atom stereocenters. The Balaban J connectivity index is 2.36.